The van der Waals surface area contributed by atoms with Gasteiger partial charge in [-0.3, -0.25) is 9.59 Å². The van der Waals surface area contributed by atoms with Crippen LogP contribution in [0.5, 0.6) is 5.75 Å². The number of hydrogen-bond donors (Lipinski definition) is 3. The van der Waals surface area contributed by atoms with Crippen molar-refractivity contribution < 1.29 is 83.4 Å². The van der Waals surface area contributed by atoms with Crippen LogP contribution in [-0.4, -0.2) is 120 Å². The zero-order valence-corrected chi connectivity index (χ0v) is 35.9. The highest BCUT2D eigenvalue weighted by molar-refractivity contribution is 5.84. The third kappa shape index (κ3) is 23.3. The molecule has 0 saturated carbocycles. The lowest BCUT2D eigenvalue weighted by Gasteiger charge is -2.11. The van der Waals surface area contributed by atoms with Crippen LogP contribution >= 0.6 is 0 Å². The van der Waals surface area contributed by atoms with E-state index in [-0.39, 0.29) is 31.8 Å². The molecule has 4 N–H and O–H groups in total. The first-order chi connectivity index (χ1) is 30.6. The van der Waals surface area contributed by atoms with E-state index >= 15 is 0 Å². The van der Waals surface area contributed by atoms with Crippen LogP contribution in [0.3, 0.4) is 0 Å². The third-order valence-electron chi connectivity index (χ3n) is 8.87. The summed E-state index contributed by atoms with van der Waals surface area (Å²) in [4.78, 5) is 37.4. The highest BCUT2D eigenvalue weighted by atomic mass is 19.4. The molecular formula is C43H58F7N3O11. The van der Waals surface area contributed by atoms with Crippen molar-refractivity contribution in [2.24, 2.45) is 0 Å². The Bertz CT molecular complexity index is 1810. The van der Waals surface area contributed by atoms with Crippen molar-refractivity contribution in [1.29, 1.82) is 0 Å². The van der Waals surface area contributed by atoms with Crippen molar-refractivity contribution in [3.8, 4) is 5.75 Å². The molecule has 0 spiro atoms. The molecule has 3 aromatic rings. The molecule has 1 aromatic heterocycles. The number of hydrogen-bond acceptors (Lipinski definition) is 12. The quantitative estimate of drug-likeness (QED) is 0.0190. The van der Waals surface area contributed by atoms with Crippen LogP contribution in [0.15, 0.2) is 30.3 Å². The number of nitrogens with zero attached hydrogens (tertiary/aromatic N) is 1. The van der Waals surface area contributed by atoms with Gasteiger partial charge in [-0.2, -0.15) is 22.0 Å². The first-order valence-electron chi connectivity index (χ1n) is 20.9. The number of aromatic nitrogens is 1. The number of esters is 1. The van der Waals surface area contributed by atoms with Gasteiger partial charge in [0.05, 0.1) is 91.2 Å². The second kappa shape index (κ2) is 32.1. The summed E-state index contributed by atoms with van der Waals surface area (Å²) in [6.45, 7) is 6.25. The van der Waals surface area contributed by atoms with Gasteiger partial charge in [0.15, 0.2) is 11.6 Å². The zero-order valence-electron chi connectivity index (χ0n) is 35.9. The smallest absolute Gasteiger partial charge is 0.475 e. The largest absolute Gasteiger partial charge is 0.490 e. The maximum absolute atomic E-state index is 13.6. The number of aliphatic carboxylic acids is 1. The van der Waals surface area contributed by atoms with Gasteiger partial charge in [0.2, 0.25) is 23.3 Å². The number of alkyl halides is 3. The number of nitrogen functional groups attached to an aromatic ring is 1. The summed E-state index contributed by atoms with van der Waals surface area (Å²) in [5.74, 6) is -11.6. The van der Waals surface area contributed by atoms with E-state index in [1.165, 1.54) is 23.8 Å². The molecule has 0 radical (unpaired) electrons. The summed E-state index contributed by atoms with van der Waals surface area (Å²) in [6, 6.07) is 8.47. The Labute approximate surface area is 367 Å². The number of carboxylic acids is 1. The van der Waals surface area contributed by atoms with Gasteiger partial charge in [0.25, 0.3) is 0 Å². The van der Waals surface area contributed by atoms with Crippen LogP contribution in [0, 0.1) is 23.3 Å². The molecule has 0 aliphatic heterocycles. The fourth-order valence-corrected chi connectivity index (χ4v) is 5.56. The fraction of sp³-hybridized carbons (Fsp3) is 0.581. The Balaban J connectivity index is 0.00000185. The molecule has 14 nitrogen and oxygen atoms in total. The lowest BCUT2D eigenvalue weighted by Crippen LogP contribution is -2.25. The van der Waals surface area contributed by atoms with Crippen molar-refractivity contribution in [2.45, 2.75) is 77.3 Å². The number of fused-ring (bicyclic) bond motifs is 1. The fourth-order valence-electron chi connectivity index (χ4n) is 5.56. The van der Waals surface area contributed by atoms with Gasteiger partial charge >= 0.3 is 18.1 Å². The second-order valence-corrected chi connectivity index (χ2v) is 13.9. The van der Waals surface area contributed by atoms with E-state index in [0.29, 0.717) is 78.2 Å². The van der Waals surface area contributed by atoms with Gasteiger partial charge in [-0.25, -0.2) is 18.6 Å². The number of unbranched alkanes of at least 4 members (excludes halogenated alkanes) is 4. The predicted molar refractivity (Wildman–Crippen MR) is 220 cm³/mol. The van der Waals surface area contributed by atoms with Gasteiger partial charge in [0.1, 0.15) is 5.82 Å². The molecular weight excluding hydrogens is 867 g/mol. The van der Waals surface area contributed by atoms with Crippen LogP contribution < -0.4 is 15.8 Å². The first kappa shape index (κ1) is 55.5. The molecule has 0 aliphatic carbocycles. The second-order valence-electron chi connectivity index (χ2n) is 13.9. The van der Waals surface area contributed by atoms with Crippen molar-refractivity contribution in [3.05, 3.63) is 64.7 Å². The lowest BCUT2D eigenvalue weighted by molar-refractivity contribution is -0.192. The van der Waals surface area contributed by atoms with E-state index in [0.717, 1.165) is 49.6 Å². The number of anilines is 1. The molecule has 0 atom stereocenters. The molecule has 21 heteroatoms. The molecule has 2 aromatic carbocycles. The number of nitrogens with two attached hydrogens (primary N) is 1. The van der Waals surface area contributed by atoms with E-state index in [1.54, 1.807) is 0 Å². The number of carboxylic acid groups (broad SMARTS) is 1. The maximum Gasteiger partial charge on any atom is 0.490 e. The molecule has 1 amide bonds. The van der Waals surface area contributed by atoms with Crippen LogP contribution in [0.25, 0.3) is 10.9 Å². The van der Waals surface area contributed by atoms with Crippen LogP contribution in [0.4, 0.5) is 36.6 Å². The minimum absolute atomic E-state index is 0.0183. The van der Waals surface area contributed by atoms with Crippen LogP contribution in [0.1, 0.15) is 69.4 Å². The molecule has 0 saturated heterocycles. The maximum atomic E-state index is 13.6. The Morgan fingerprint density at radius 2 is 1.16 bits per heavy atom. The molecule has 0 aliphatic rings. The molecule has 1 heterocycles. The van der Waals surface area contributed by atoms with E-state index < -0.39 is 53.6 Å². The average molecular weight is 926 g/mol. The standard InChI is InChI=1S/C41H57F4N3O9.C2HF3O2/c1-2-3-5-10-31-28-32-30(11-8-12-35(32)48-41(31)46)9-6-4-7-15-47-36(49)13-16-51-18-20-53-22-24-55-26-27-56-25-23-54-21-19-52-17-14-37(50)57-40-38(44)33(42)29-34(43)39(40)45;3-2(4,5)1(6)7/h8,11-12,28-29H,2-7,9-10,13-27H2,1H3,(H2,46,48)(H,47,49);(H,6,7). The number of nitrogens with one attached hydrogen (secondary N) is 1. The molecule has 0 bridgehead atoms. The number of benzene rings is 2. The monoisotopic (exact) mass is 925 g/mol. The SMILES string of the molecule is CCCCCc1cc2c(CCCCCNC(=O)CCOCCOCCOCCOCCOCCOCCC(=O)Oc3c(F)c(F)cc(F)c3F)cccc2nc1N.O=C(O)C(F)(F)F. The number of aryl methyl sites for hydroxylation is 2. The number of amides is 1. The number of halogens is 7. The first-order valence-corrected chi connectivity index (χ1v) is 20.9. The molecule has 64 heavy (non-hydrogen) atoms. The van der Waals surface area contributed by atoms with Crippen LogP contribution in [-0.2, 0) is 55.6 Å². The summed E-state index contributed by atoms with van der Waals surface area (Å²) >= 11 is 0. The van der Waals surface area contributed by atoms with Crippen LogP contribution in [0.2, 0.25) is 0 Å². The van der Waals surface area contributed by atoms with Crippen molar-refractivity contribution in [3.63, 3.8) is 0 Å². The number of carbonyl (C=O) groups is 3. The van der Waals surface area contributed by atoms with Gasteiger partial charge in [-0.05, 0) is 55.4 Å². The summed E-state index contributed by atoms with van der Waals surface area (Å²) < 4.78 is 122. The van der Waals surface area contributed by atoms with Gasteiger partial charge in [-0.1, -0.05) is 38.3 Å². The highest BCUT2D eigenvalue weighted by Crippen LogP contribution is 2.27. The van der Waals surface area contributed by atoms with Gasteiger partial charge < -0.3 is 49.3 Å². The summed E-state index contributed by atoms with van der Waals surface area (Å²) in [5, 5.41) is 11.3. The normalized spacial score (nSPS) is 11.4. The van der Waals surface area contributed by atoms with Crippen molar-refractivity contribution >= 4 is 34.6 Å². The Hall–Kier alpha value is -4.67. The highest BCUT2D eigenvalue weighted by Gasteiger charge is 2.38. The predicted octanol–water partition coefficient (Wildman–Crippen LogP) is 7.05. The number of rotatable bonds is 32. The van der Waals surface area contributed by atoms with Gasteiger partial charge in [-0.15, -0.1) is 0 Å². The summed E-state index contributed by atoms with van der Waals surface area (Å²) in [7, 11) is 0. The summed E-state index contributed by atoms with van der Waals surface area (Å²) in [5.41, 5.74) is 9.59. The number of ether oxygens (including phenoxy) is 7. The molecule has 0 fully saturated rings. The van der Waals surface area contributed by atoms with E-state index in [1.807, 2.05) is 12.1 Å². The minimum Gasteiger partial charge on any atom is -0.475 e. The van der Waals surface area contributed by atoms with E-state index in [4.69, 9.17) is 44.1 Å². The van der Waals surface area contributed by atoms with Gasteiger partial charge in [0, 0.05) is 24.4 Å². The topological polar surface area (TPSA) is 187 Å². The third-order valence-corrected chi connectivity index (χ3v) is 8.87. The molecule has 0 unspecified atom stereocenters. The minimum atomic E-state index is -5.08. The average Bonchev–Trinajstić information content (AvgIpc) is 3.25. The van der Waals surface area contributed by atoms with Crippen molar-refractivity contribution in [1.82, 2.24) is 10.3 Å². The Morgan fingerprint density at radius 1 is 0.672 bits per heavy atom. The molecule has 3 rings (SSSR count). The Morgan fingerprint density at radius 3 is 1.67 bits per heavy atom. The zero-order chi connectivity index (χ0) is 47.2. The lowest BCUT2D eigenvalue weighted by atomic mass is 9.99. The van der Waals surface area contributed by atoms with E-state index in [9.17, 15) is 40.3 Å². The number of carbonyl (C=O) groups excluding carboxylic acids is 2. The van der Waals surface area contributed by atoms with Crippen molar-refractivity contribution in [2.75, 3.05) is 91.6 Å². The van der Waals surface area contributed by atoms with E-state index in [2.05, 4.69) is 34.1 Å². The summed E-state index contributed by atoms with van der Waals surface area (Å²) in [6.07, 6.45) is 3.16. The number of pyridine rings is 1. The Kier molecular flexibility index (Phi) is 27.8. The molecule has 360 valence electrons.